The highest BCUT2D eigenvalue weighted by Crippen LogP contribution is 1.96. The summed E-state index contributed by atoms with van der Waals surface area (Å²) in [5.41, 5.74) is 1.10. The fraction of sp³-hybridized carbons (Fsp3) is 0.636. The average Bonchev–Trinajstić information content (AvgIpc) is 2.64. The molecule has 0 radical (unpaired) electrons. The third kappa shape index (κ3) is 4.44. The minimum atomic E-state index is 0.0258. The molecule has 1 rings (SSSR count). The summed E-state index contributed by atoms with van der Waals surface area (Å²) in [7, 11) is 0. The maximum Gasteiger partial charge on any atom is 0.234 e. The predicted molar refractivity (Wildman–Crippen MR) is 62.9 cm³/mol. The van der Waals surface area contributed by atoms with Gasteiger partial charge in [0.05, 0.1) is 12.7 Å². The largest absolute Gasteiger partial charge is 0.353 e. The Morgan fingerprint density at radius 1 is 1.56 bits per heavy atom. The molecule has 0 fully saturated rings. The number of aryl methyl sites for hydroxylation is 1. The first kappa shape index (κ1) is 12.7. The van der Waals surface area contributed by atoms with E-state index in [2.05, 4.69) is 15.7 Å². The van der Waals surface area contributed by atoms with Crippen molar-refractivity contribution in [3.05, 3.63) is 18.0 Å². The van der Waals surface area contributed by atoms with E-state index >= 15 is 0 Å². The van der Waals surface area contributed by atoms with Crippen LogP contribution in [-0.2, 0) is 17.9 Å². The van der Waals surface area contributed by atoms with E-state index in [1.165, 1.54) is 0 Å². The molecule has 1 heterocycles. The average molecular weight is 224 g/mol. The zero-order valence-electron chi connectivity index (χ0n) is 10.2. The normalized spacial score (nSPS) is 10.8. The zero-order valence-corrected chi connectivity index (χ0v) is 10.2. The van der Waals surface area contributed by atoms with Gasteiger partial charge in [-0.3, -0.25) is 9.48 Å². The van der Waals surface area contributed by atoms with Crippen LogP contribution in [0.4, 0.5) is 0 Å². The molecule has 0 aromatic carbocycles. The van der Waals surface area contributed by atoms with E-state index in [1.54, 1.807) is 0 Å². The second-order valence-electron chi connectivity index (χ2n) is 4.03. The maximum absolute atomic E-state index is 11.3. The molecule has 1 aromatic rings. The van der Waals surface area contributed by atoms with E-state index in [1.807, 2.05) is 37.8 Å². The van der Waals surface area contributed by atoms with E-state index in [0.29, 0.717) is 13.1 Å². The smallest absolute Gasteiger partial charge is 0.234 e. The fourth-order valence-corrected chi connectivity index (χ4v) is 1.36. The number of aromatic nitrogens is 2. The Morgan fingerprint density at radius 3 is 2.88 bits per heavy atom. The third-order valence-electron chi connectivity index (χ3n) is 2.08. The molecular formula is C11H20N4O. The van der Waals surface area contributed by atoms with Crippen LogP contribution >= 0.6 is 0 Å². The van der Waals surface area contributed by atoms with Gasteiger partial charge in [0.15, 0.2) is 0 Å². The summed E-state index contributed by atoms with van der Waals surface area (Å²) in [6, 6.07) is 0.192. The van der Waals surface area contributed by atoms with E-state index in [9.17, 15) is 4.79 Å². The van der Waals surface area contributed by atoms with Gasteiger partial charge in [0.25, 0.3) is 0 Å². The van der Waals surface area contributed by atoms with Crippen molar-refractivity contribution in [2.24, 2.45) is 0 Å². The summed E-state index contributed by atoms with van der Waals surface area (Å²) in [5, 5.41) is 10.1. The Bertz CT molecular complexity index is 332. The van der Waals surface area contributed by atoms with Crippen LogP contribution in [0.2, 0.25) is 0 Å². The van der Waals surface area contributed by atoms with Gasteiger partial charge in [-0.05, 0) is 20.8 Å². The van der Waals surface area contributed by atoms with Crippen molar-refractivity contribution in [3.8, 4) is 0 Å². The Balaban J connectivity index is 2.22. The lowest BCUT2D eigenvalue weighted by Gasteiger charge is -2.08. The van der Waals surface area contributed by atoms with Crippen LogP contribution in [0.1, 0.15) is 26.3 Å². The van der Waals surface area contributed by atoms with Crippen LogP contribution in [0.15, 0.2) is 12.4 Å². The molecule has 90 valence electrons. The molecule has 0 saturated carbocycles. The molecule has 0 unspecified atom stereocenters. The van der Waals surface area contributed by atoms with Gasteiger partial charge >= 0.3 is 0 Å². The minimum absolute atomic E-state index is 0.0258. The molecule has 0 aliphatic carbocycles. The SMILES string of the molecule is CCn1cc(CNCC(=O)NC(C)C)cn1. The molecule has 0 aliphatic rings. The summed E-state index contributed by atoms with van der Waals surface area (Å²) in [5.74, 6) is 0.0258. The Labute approximate surface area is 96.2 Å². The molecule has 0 spiro atoms. The van der Waals surface area contributed by atoms with Crippen molar-refractivity contribution >= 4 is 5.91 Å². The standard InChI is InChI=1S/C11H20N4O/c1-4-15-8-10(6-13-15)5-12-7-11(16)14-9(2)3/h6,8-9,12H,4-5,7H2,1-3H3,(H,14,16). The first-order valence-corrected chi connectivity index (χ1v) is 5.63. The van der Waals surface area contributed by atoms with Gasteiger partial charge in [-0.25, -0.2) is 0 Å². The van der Waals surface area contributed by atoms with E-state index < -0.39 is 0 Å². The van der Waals surface area contributed by atoms with Gasteiger partial charge < -0.3 is 10.6 Å². The summed E-state index contributed by atoms with van der Waals surface area (Å²) in [4.78, 5) is 11.3. The van der Waals surface area contributed by atoms with Crippen molar-refractivity contribution in [1.82, 2.24) is 20.4 Å². The molecule has 2 N–H and O–H groups in total. The number of nitrogens with one attached hydrogen (secondary N) is 2. The van der Waals surface area contributed by atoms with Crippen molar-refractivity contribution in [2.45, 2.75) is 39.9 Å². The maximum atomic E-state index is 11.3. The Hall–Kier alpha value is -1.36. The molecular weight excluding hydrogens is 204 g/mol. The molecule has 1 amide bonds. The molecule has 5 nitrogen and oxygen atoms in total. The summed E-state index contributed by atoms with van der Waals surface area (Å²) in [6.07, 6.45) is 3.80. The molecule has 0 saturated heterocycles. The summed E-state index contributed by atoms with van der Waals surface area (Å²) >= 11 is 0. The number of carbonyl (C=O) groups excluding carboxylic acids is 1. The number of amides is 1. The van der Waals surface area contributed by atoms with Crippen LogP contribution in [0.5, 0.6) is 0 Å². The highest BCUT2D eigenvalue weighted by molar-refractivity contribution is 5.78. The number of carbonyl (C=O) groups is 1. The highest BCUT2D eigenvalue weighted by atomic mass is 16.1. The van der Waals surface area contributed by atoms with Gasteiger partial charge in [-0.15, -0.1) is 0 Å². The third-order valence-corrected chi connectivity index (χ3v) is 2.08. The zero-order chi connectivity index (χ0) is 12.0. The number of nitrogens with zero attached hydrogens (tertiary/aromatic N) is 2. The van der Waals surface area contributed by atoms with Gasteiger partial charge in [0.1, 0.15) is 0 Å². The summed E-state index contributed by atoms with van der Waals surface area (Å²) in [6.45, 7) is 7.82. The number of rotatable bonds is 6. The van der Waals surface area contributed by atoms with E-state index in [4.69, 9.17) is 0 Å². The van der Waals surface area contributed by atoms with Crippen molar-refractivity contribution < 1.29 is 4.79 Å². The molecule has 5 heteroatoms. The first-order valence-electron chi connectivity index (χ1n) is 5.63. The van der Waals surface area contributed by atoms with Crippen molar-refractivity contribution in [1.29, 1.82) is 0 Å². The van der Waals surface area contributed by atoms with Crippen LogP contribution in [0.25, 0.3) is 0 Å². The first-order chi connectivity index (χ1) is 7.61. The second-order valence-corrected chi connectivity index (χ2v) is 4.03. The molecule has 0 bridgehead atoms. The monoisotopic (exact) mass is 224 g/mol. The van der Waals surface area contributed by atoms with E-state index in [-0.39, 0.29) is 11.9 Å². The second kappa shape index (κ2) is 6.27. The van der Waals surface area contributed by atoms with E-state index in [0.717, 1.165) is 12.1 Å². The summed E-state index contributed by atoms with van der Waals surface area (Å²) < 4.78 is 1.87. The Morgan fingerprint density at radius 2 is 2.31 bits per heavy atom. The van der Waals surface area contributed by atoms with Gasteiger partial charge in [-0.1, -0.05) is 0 Å². The quantitative estimate of drug-likeness (QED) is 0.740. The lowest BCUT2D eigenvalue weighted by atomic mass is 10.3. The lowest BCUT2D eigenvalue weighted by Crippen LogP contribution is -2.37. The van der Waals surface area contributed by atoms with Gasteiger partial charge in [0.2, 0.25) is 5.91 Å². The molecule has 0 aliphatic heterocycles. The van der Waals surface area contributed by atoms with Crippen LogP contribution in [-0.4, -0.2) is 28.3 Å². The van der Waals surface area contributed by atoms with Crippen LogP contribution in [0.3, 0.4) is 0 Å². The fourth-order valence-electron chi connectivity index (χ4n) is 1.36. The highest BCUT2D eigenvalue weighted by Gasteiger charge is 2.02. The lowest BCUT2D eigenvalue weighted by molar-refractivity contribution is -0.120. The topological polar surface area (TPSA) is 59.0 Å². The Kier molecular flexibility index (Phi) is 4.98. The van der Waals surface area contributed by atoms with Crippen LogP contribution < -0.4 is 10.6 Å². The van der Waals surface area contributed by atoms with Gasteiger partial charge in [-0.2, -0.15) is 5.10 Å². The molecule has 16 heavy (non-hydrogen) atoms. The molecule has 0 atom stereocenters. The number of hydrogen-bond donors (Lipinski definition) is 2. The van der Waals surface area contributed by atoms with Crippen LogP contribution in [0, 0.1) is 0 Å². The predicted octanol–water partition coefficient (Wildman–Crippen LogP) is 0.517. The van der Waals surface area contributed by atoms with Crippen molar-refractivity contribution in [3.63, 3.8) is 0 Å². The number of hydrogen-bond acceptors (Lipinski definition) is 3. The molecule has 1 aromatic heterocycles. The van der Waals surface area contributed by atoms with Gasteiger partial charge in [0, 0.05) is 30.9 Å². The van der Waals surface area contributed by atoms with Crippen molar-refractivity contribution in [2.75, 3.05) is 6.54 Å². The minimum Gasteiger partial charge on any atom is -0.353 e.